The molecule has 0 amide bonds. The van der Waals surface area contributed by atoms with Gasteiger partial charge in [-0.05, 0) is 56.0 Å². The van der Waals surface area contributed by atoms with Gasteiger partial charge in [0, 0.05) is 23.9 Å². The van der Waals surface area contributed by atoms with Crippen LogP contribution in [0.4, 0.5) is 0 Å². The summed E-state index contributed by atoms with van der Waals surface area (Å²) >= 11 is 0. The van der Waals surface area contributed by atoms with E-state index in [2.05, 4.69) is 34.5 Å². The Balaban J connectivity index is 2.50. The van der Waals surface area contributed by atoms with Gasteiger partial charge in [0.2, 0.25) is 0 Å². The first-order chi connectivity index (χ1) is 9.04. The molecule has 0 aliphatic heterocycles. The summed E-state index contributed by atoms with van der Waals surface area (Å²) in [5.74, 6) is 0.973. The maximum Gasteiger partial charge on any atom is 0.336 e. The number of hydrogen-bond acceptors (Lipinski definition) is 2. The molecule has 0 unspecified atom stereocenters. The molecular formula is C15H17N3O. The van der Waals surface area contributed by atoms with Crippen LogP contribution in [0.1, 0.15) is 33.6 Å². The normalized spacial score (nSPS) is 10.1. The fourth-order valence-electron chi connectivity index (χ4n) is 2.20. The Morgan fingerprint density at radius 2 is 1.95 bits per heavy atom. The highest BCUT2D eigenvalue weighted by atomic mass is 16.4. The fourth-order valence-corrected chi connectivity index (χ4v) is 2.20. The van der Waals surface area contributed by atoms with Crippen molar-refractivity contribution in [2.75, 3.05) is 0 Å². The van der Waals surface area contributed by atoms with Crippen LogP contribution in [0, 0.1) is 39.0 Å². The van der Waals surface area contributed by atoms with Gasteiger partial charge >= 0.3 is 6.07 Å². The minimum Gasteiger partial charge on any atom is -0.498 e. The van der Waals surface area contributed by atoms with Crippen LogP contribution in [0.15, 0.2) is 18.5 Å². The van der Waals surface area contributed by atoms with Crippen LogP contribution < -0.4 is 0 Å². The third-order valence-corrected chi connectivity index (χ3v) is 3.76. The van der Waals surface area contributed by atoms with Gasteiger partial charge in [0.15, 0.2) is 0 Å². The van der Waals surface area contributed by atoms with Crippen LogP contribution in [-0.4, -0.2) is 9.55 Å². The molecule has 1 aromatic heterocycles. The predicted octanol–water partition coefficient (Wildman–Crippen LogP) is 3.34. The number of aromatic nitrogens is 2. The molecule has 0 atom stereocenters. The van der Waals surface area contributed by atoms with Crippen LogP contribution in [0.2, 0.25) is 0 Å². The van der Waals surface area contributed by atoms with Gasteiger partial charge in [0.05, 0.1) is 0 Å². The molecular weight excluding hydrogens is 238 g/mol. The average Bonchev–Trinajstić information content (AvgIpc) is 2.78. The number of imidazole rings is 1. The zero-order valence-electron chi connectivity index (χ0n) is 11.7. The van der Waals surface area contributed by atoms with Gasteiger partial charge in [-0.1, -0.05) is 0 Å². The van der Waals surface area contributed by atoms with E-state index in [-0.39, 0.29) is 0 Å². The molecule has 0 fully saturated rings. The average molecular weight is 255 g/mol. The third kappa shape index (κ3) is 2.45. The third-order valence-electron chi connectivity index (χ3n) is 3.76. The Labute approximate surface area is 113 Å². The molecule has 0 bridgehead atoms. The zero-order valence-corrected chi connectivity index (χ0v) is 11.7. The molecule has 0 spiro atoms. The first-order valence-electron chi connectivity index (χ1n) is 6.20. The highest BCUT2D eigenvalue weighted by Crippen LogP contribution is 2.22. The van der Waals surface area contributed by atoms with E-state index in [1.807, 2.05) is 26.1 Å². The first kappa shape index (κ1) is 13.2. The lowest BCUT2D eigenvalue weighted by atomic mass is 9.94. The number of nitrogens with zero attached hydrogens (tertiary/aromatic N) is 3. The molecule has 4 heteroatoms. The standard InChI is InChI=1S/C15H17N3O/c1-10-11(2)14(8-17-19)7-15(12(10)3)9-18-6-5-16-13(18)4/h5-7H,9H2,1-4H3. The molecule has 0 aliphatic carbocycles. The Hall–Kier alpha value is -2.28. The van der Waals surface area contributed by atoms with Gasteiger partial charge in [-0.15, -0.1) is 0 Å². The number of rotatable bonds is 2. The Kier molecular flexibility index (Phi) is 3.57. The van der Waals surface area contributed by atoms with Crippen molar-refractivity contribution in [3.05, 3.63) is 62.3 Å². The van der Waals surface area contributed by atoms with Crippen LogP contribution in [0.5, 0.6) is 0 Å². The van der Waals surface area contributed by atoms with Gasteiger partial charge in [-0.3, -0.25) is 0 Å². The number of aryl methyl sites for hydroxylation is 1. The van der Waals surface area contributed by atoms with Crippen molar-refractivity contribution in [2.24, 2.45) is 0 Å². The number of hydrogen-bond donors (Lipinski definition) is 0. The van der Waals surface area contributed by atoms with E-state index in [0.29, 0.717) is 0 Å². The van der Waals surface area contributed by atoms with E-state index in [1.165, 1.54) is 11.1 Å². The second kappa shape index (κ2) is 5.15. The van der Waals surface area contributed by atoms with Crippen molar-refractivity contribution in [3.8, 4) is 6.07 Å². The van der Waals surface area contributed by atoms with E-state index in [0.717, 1.165) is 29.1 Å². The van der Waals surface area contributed by atoms with Crippen LogP contribution in [-0.2, 0) is 6.54 Å². The SMILES string of the molecule is Cc1c(C#[N+][O-])cc(Cn2ccnc2C)c(C)c1C. The molecule has 0 saturated heterocycles. The molecule has 4 nitrogen and oxygen atoms in total. The molecule has 0 aliphatic rings. The molecule has 0 N–H and O–H groups in total. The minimum atomic E-state index is 0.742. The Morgan fingerprint density at radius 1 is 1.21 bits per heavy atom. The van der Waals surface area contributed by atoms with Gasteiger partial charge in [-0.25, -0.2) is 4.98 Å². The highest BCUT2D eigenvalue weighted by Gasteiger charge is 2.12. The molecule has 19 heavy (non-hydrogen) atoms. The van der Waals surface area contributed by atoms with Crippen molar-refractivity contribution < 1.29 is 0 Å². The summed E-state index contributed by atoms with van der Waals surface area (Å²) in [7, 11) is 0. The van der Waals surface area contributed by atoms with E-state index < -0.39 is 0 Å². The molecule has 0 saturated carbocycles. The maximum absolute atomic E-state index is 10.4. The van der Waals surface area contributed by atoms with Gasteiger partial charge in [-0.2, -0.15) is 0 Å². The maximum atomic E-state index is 10.4. The zero-order chi connectivity index (χ0) is 14.0. The Morgan fingerprint density at radius 3 is 2.53 bits per heavy atom. The molecule has 2 rings (SSSR count). The lowest BCUT2D eigenvalue weighted by Crippen LogP contribution is -2.05. The quantitative estimate of drug-likeness (QED) is 0.772. The van der Waals surface area contributed by atoms with Crippen molar-refractivity contribution in [1.82, 2.24) is 9.55 Å². The van der Waals surface area contributed by atoms with Crippen LogP contribution in [0.25, 0.3) is 5.01 Å². The fraction of sp³-hybridized carbons (Fsp3) is 0.333. The van der Waals surface area contributed by atoms with Crippen LogP contribution in [0.3, 0.4) is 0 Å². The van der Waals surface area contributed by atoms with Gasteiger partial charge < -0.3 is 9.77 Å². The monoisotopic (exact) mass is 255 g/mol. The summed E-state index contributed by atoms with van der Waals surface area (Å²) in [6.07, 6.45) is 3.74. The van der Waals surface area contributed by atoms with Crippen molar-refractivity contribution >= 4 is 0 Å². The van der Waals surface area contributed by atoms with E-state index in [9.17, 15) is 5.21 Å². The summed E-state index contributed by atoms with van der Waals surface area (Å²) in [4.78, 5) is 4.22. The predicted molar refractivity (Wildman–Crippen MR) is 76.4 cm³/mol. The summed E-state index contributed by atoms with van der Waals surface area (Å²) in [6.45, 7) is 8.86. The smallest absolute Gasteiger partial charge is 0.336 e. The van der Waals surface area contributed by atoms with Crippen LogP contribution >= 0.6 is 0 Å². The molecule has 1 heterocycles. The summed E-state index contributed by atoms with van der Waals surface area (Å²) in [5, 5.41) is 13.2. The largest absolute Gasteiger partial charge is 0.498 e. The Bertz CT molecular complexity index is 675. The van der Waals surface area contributed by atoms with Crippen molar-refractivity contribution in [3.63, 3.8) is 0 Å². The van der Waals surface area contributed by atoms with E-state index >= 15 is 0 Å². The molecule has 98 valence electrons. The summed E-state index contributed by atoms with van der Waals surface area (Å²) in [5.41, 5.74) is 5.41. The lowest BCUT2D eigenvalue weighted by Gasteiger charge is -2.13. The van der Waals surface area contributed by atoms with E-state index in [1.54, 1.807) is 6.20 Å². The van der Waals surface area contributed by atoms with Gasteiger partial charge in [0.1, 0.15) is 11.4 Å². The lowest BCUT2D eigenvalue weighted by molar-refractivity contribution is 0.756. The summed E-state index contributed by atoms with van der Waals surface area (Å²) < 4.78 is 2.08. The second-order valence-corrected chi connectivity index (χ2v) is 4.76. The topological polar surface area (TPSA) is 45.2 Å². The van der Waals surface area contributed by atoms with Crippen molar-refractivity contribution in [1.29, 1.82) is 0 Å². The minimum absolute atomic E-state index is 0.742. The second-order valence-electron chi connectivity index (χ2n) is 4.76. The number of benzene rings is 1. The van der Waals surface area contributed by atoms with E-state index in [4.69, 9.17) is 0 Å². The molecule has 0 radical (unpaired) electrons. The van der Waals surface area contributed by atoms with Gasteiger partial charge in [0.25, 0.3) is 0 Å². The highest BCUT2D eigenvalue weighted by molar-refractivity contribution is 5.50. The summed E-state index contributed by atoms with van der Waals surface area (Å²) in [6, 6.07) is 4.51. The van der Waals surface area contributed by atoms with Crippen molar-refractivity contribution in [2.45, 2.75) is 34.2 Å². The molecule has 2 aromatic rings. The molecule has 1 aromatic carbocycles. The first-order valence-corrected chi connectivity index (χ1v) is 6.20.